The topological polar surface area (TPSA) is 112 Å². The Kier molecular flexibility index (Phi) is 5.45. The second kappa shape index (κ2) is 7.21. The number of carbonyl (C=O) groups excluding carboxylic acids is 2. The summed E-state index contributed by atoms with van der Waals surface area (Å²) in [6, 6.07) is -0.935. The summed E-state index contributed by atoms with van der Waals surface area (Å²) in [4.78, 5) is 27.5. The molecule has 7 nitrogen and oxygen atoms in total. The molecule has 1 atom stereocenters. The number of Topliss-reactive ketones (excluding diaryl/α,β-unsaturated/α-hetero) is 1. The first-order valence-electron chi connectivity index (χ1n) is 8.43. The lowest BCUT2D eigenvalue weighted by atomic mass is 9.89. The van der Waals surface area contributed by atoms with E-state index in [0.29, 0.717) is 6.42 Å². The number of aromatic nitrogens is 1. The van der Waals surface area contributed by atoms with E-state index in [1.165, 1.54) is 6.92 Å². The summed E-state index contributed by atoms with van der Waals surface area (Å²) in [6.07, 6.45) is 4.72. The highest BCUT2D eigenvalue weighted by molar-refractivity contribution is 6.06. The number of amides is 1. The van der Waals surface area contributed by atoms with Gasteiger partial charge in [0.15, 0.2) is 11.7 Å². The Hall–Kier alpha value is -2.44. The van der Waals surface area contributed by atoms with Crippen LogP contribution in [-0.4, -0.2) is 38.7 Å². The van der Waals surface area contributed by atoms with Crippen molar-refractivity contribution < 1.29 is 24.5 Å². The first-order chi connectivity index (χ1) is 11.6. The molecule has 1 aliphatic carbocycles. The highest BCUT2D eigenvalue weighted by atomic mass is 16.6. The average molecular weight is 350 g/mol. The molecule has 25 heavy (non-hydrogen) atoms. The maximum atomic E-state index is 13.0. The van der Waals surface area contributed by atoms with Crippen LogP contribution in [0, 0.1) is 6.92 Å². The molecule has 4 N–H and O–H groups in total. The van der Waals surface area contributed by atoms with Crippen molar-refractivity contribution in [1.82, 2.24) is 10.3 Å². The second-order valence-electron chi connectivity index (χ2n) is 7.29. The molecule has 0 aliphatic heterocycles. The van der Waals surface area contributed by atoms with E-state index in [1.54, 1.807) is 20.8 Å². The molecule has 1 amide bonds. The zero-order valence-electron chi connectivity index (χ0n) is 15.1. The molecule has 1 aliphatic rings. The fourth-order valence-electron chi connectivity index (χ4n) is 2.89. The molecule has 138 valence electrons. The van der Waals surface area contributed by atoms with Gasteiger partial charge in [-0.15, -0.1) is 0 Å². The van der Waals surface area contributed by atoms with Crippen LogP contribution in [0.1, 0.15) is 62.4 Å². The molecule has 0 spiro atoms. The lowest BCUT2D eigenvalue weighted by Gasteiger charge is -2.26. The minimum atomic E-state index is -0.935. The van der Waals surface area contributed by atoms with Gasteiger partial charge in [-0.3, -0.25) is 9.78 Å². The third-order valence-electron chi connectivity index (χ3n) is 4.07. The summed E-state index contributed by atoms with van der Waals surface area (Å²) in [5.74, 6) is -1.16. The monoisotopic (exact) mass is 350 g/mol. The van der Waals surface area contributed by atoms with Gasteiger partial charge in [-0.05, 0) is 59.0 Å². The number of ketones is 1. The van der Waals surface area contributed by atoms with Crippen molar-refractivity contribution in [2.75, 3.05) is 0 Å². The zero-order valence-corrected chi connectivity index (χ0v) is 15.1. The van der Waals surface area contributed by atoms with Crippen molar-refractivity contribution in [3.8, 4) is 11.8 Å². The molecular formula is C18H26N2O5. The maximum absolute atomic E-state index is 13.0. The van der Waals surface area contributed by atoms with Gasteiger partial charge in [0.2, 0.25) is 5.88 Å². The Morgan fingerprint density at radius 2 is 1.92 bits per heavy atom. The Balaban J connectivity index is 2.32. The van der Waals surface area contributed by atoms with E-state index in [2.05, 4.69) is 10.3 Å². The molecule has 0 aromatic carbocycles. The highest BCUT2D eigenvalue weighted by Gasteiger charge is 2.32. The number of carbonyl (C=O) groups is 2. The van der Waals surface area contributed by atoms with E-state index in [0.717, 1.165) is 24.8 Å². The van der Waals surface area contributed by atoms with Gasteiger partial charge in [0.25, 0.3) is 0 Å². The fourth-order valence-corrected chi connectivity index (χ4v) is 2.89. The van der Waals surface area contributed by atoms with Gasteiger partial charge >= 0.3 is 6.09 Å². The van der Waals surface area contributed by atoms with Crippen molar-refractivity contribution in [3.05, 3.63) is 22.8 Å². The average Bonchev–Trinajstić information content (AvgIpc) is 2.76. The quantitative estimate of drug-likeness (QED) is 0.492. The molecule has 1 heterocycles. The lowest BCUT2D eigenvalue weighted by molar-refractivity contribution is 0.0499. The molecule has 1 aromatic rings. The number of alkyl carbamates (subject to hydrolysis) is 1. The van der Waals surface area contributed by atoms with E-state index in [1.807, 2.05) is 6.08 Å². The number of hydrogen-bond donors (Lipinski definition) is 4. The van der Waals surface area contributed by atoms with Crippen LogP contribution in [0.25, 0.3) is 0 Å². The van der Waals surface area contributed by atoms with Crippen molar-refractivity contribution in [2.24, 2.45) is 0 Å². The Bertz CT molecular complexity index is 697. The molecule has 0 saturated carbocycles. The molecule has 2 rings (SSSR count). The van der Waals surface area contributed by atoms with Crippen LogP contribution >= 0.6 is 0 Å². The number of rotatable bonds is 4. The summed E-state index contributed by atoms with van der Waals surface area (Å²) in [5, 5.41) is 22.3. The van der Waals surface area contributed by atoms with E-state index in [-0.39, 0.29) is 17.0 Å². The van der Waals surface area contributed by atoms with Gasteiger partial charge in [0.1, 0.15) is 11.6 Å². The van der Waals surface area contributed by atoms with Crippen LogP contribution < -0.4 is 5.32 Å². The zero-order chi connectivity index (χ0) is 18.8. The number of hydrogen-bond acceptors (Lipinski definition) is 5. The van der Waals surface area contributed by atoms with Crippen LogP contribution in [0.5, 0.6) is 11.8 Å². The maximum Gasteiger partial charge on any atom is 0.408 e. The number of aromatic amines is 1. The minimum absolute atomic E-state index is 0.0231. The number of H-pyrrole nitrogens is 1. The molecule has 0 radical (unpaired) electrons. The Labute approximate surface area is 147 Å². The smallest absolute Gasteiger partial charge is 0.408 e. The van der Waals surface area contributed by atoms with Gasteiger partial charge in [-0.25, -0.2) is 4.79 Å². The Morgan fingerprint density at radius 3 is 2.40 bits per heavy atom. The van der Waals surface area contributed by atoms with Crippen LogP contribution in [0.2, 0.25) is 0 Å². The van der Waals surface area contributed by atoms with Crippen LogP contribution in [0.15, 0.2) is 11.6 Å². The Morgan fingerprint density at radius 1 is 1.24 bits per heavy atom. The molecule has 0 bridgehead atoms. The van der Waals surface area contributed by atoms with Gasteiger partial charge in [-0.2, -0.15) is 0 Å². The molecule has 1 aromatic heterocycles. The van der Waals surface area contributed by atoms with Crippen molar-refractivity contribution in [3.63, 3.8) is 0 Å². The first-order valence-corrected chi connectivity index (χ1v) is 8.43. The number of ether oxygens (including phenoxy) is 1. The standard InChI is InChI=1S/C18H26N2O5/c1-10-12(16(23)20-15(10)22)14(21)13(11-8-6-5-7-9-11)19-17(24)25-18(2,3)4/h8,13,20,22-23H,5-7,9H2,1-4H3,(H,19,24). The minimum Gasteiger partial charge on any atom is -0.494 e. The molecule has 0 fully saturated rings. The van der Waals surface area contributed by atoms with Crippen LogP contribution in [-0.2, 0) is 4.74 Å². The summed E-state index contributed by atoms with van der Waals surface area (Å²) < 4.78 is 5.26. The largest absolute Gasteiger partial charge is 0.494 e. The number of aromatic hydroxyl groups is 2. The summed E-state index contributed by atoms with van der Waals surface area (Å²) in [6.45, 7) is 6.74. The third-order valence-corrected chi connectivity index (χ3v) is 4.07. The van der Waals surface area contributed by atoms with Crippen LogP contribution in [0.4, 0.5) is 4.79 Å². The number of nitrogens with one attached hydrogen (secondary N) is 2. The van der Waals surface area contributed by atoms with Crippen molar-refractivity contribution in [1.29, 1.82) is 0 Å². The van der Waals surface area contributed by atoms with Gasteiger partial charge in [0.05, 0.1) is 5.56 Å². The normalized spacial score (nSPS) is 16.1. The lowest BCUT2D eigenvalue weighted by Crippen LogP contribution is -2.45. The van der Waals surface area contributed by atoms with Gasteiger partial charge < -0.3 is 20.3 Å². The predicted octanol–water partition coefficient (Wildman–Crippen LogP) is 3.31. The summed E-state index contributed by atoms with van der Waals surface area (Å²) in [5.41, 5.74) is 0.324. The van der Waals surface area contributed by atoms with Crippen molar-refractivity contribution >= 4 is 11.9 Å². The second-order valence-corrected chi connectivity index (χ2v) is 7.29. The first kappa shape index (κ1) is 18.9. The highest BCUT2D eigenvalue weighted by Crippen LogP contribution is 2.31. The SMILES string of the molecule is Cc1c(O)[nH]c(O)c1C(=O)C(NC(=O)OC(C)(C)C)C1=CCCCC1. The predicted molar refractivity (Wildman–Crippen MR) is 92.9 cm³/mol. The number of allylic oxidation sites excluding steroid dienone is 1. The third kappa shape index (κ3) is 4.55. The van der Waals surface area contributed by atoms with Crippen LogP contribution in [0.3, 0.4) is 0 Å². The molecular weight excluding hydrogens is 324 g/mol. The van der Waals surface area contributed by atoms with E-state index in [4.69, 9.17) is 4.74 Å². The fraction of sp³-hybridized carbons (Fsp3) is 0.556. The van der Waals surface area contributed by atoms with Crippen molar-refractivity contribution in [2.45, 2.75) is 65.0 Å². The van der Waals surface area contributed by atoms with E-state index in [9.17, 15) is 19.8 Å². The molecule has 0 saturated heterocycles. The van der Waals surface area contributed by atoms with E-state index < -0.39 is 29.4 Å². The molecule has 1 unspecified atom stereocenters. The van der Waals surface area contributed by atoms with Gasteiger partial charge in [0, 0.05) is 5.56 Å². The summed E-state index contributed by atoms with van der Waals surface area (Å²) in [7, 11) is 0. The summed E-state index contributed by atoms with van der Waals surface area (Å²) >= 11 is 0. The van der Waals surface area contributed by atoms with E-state index >= 15 is 0 Å². The molecule has 7 heteroatoms. The van der Waals surface area contributed by atoms with Gasteiger partial charge in [-0.1, -0.05) is 6.08 Å².